The van der Waals surface area contributed by atoms with E-state index < -0.39 is 15.3 Å². The zero-order valence-corrected chi connectivity index (χ0v) is 9.58. The molecular weight excluding hydrogens is 214 g/mol. The van der Waals surface area contributed by atoms with Crippen molar-refractivity contribution in [2.45, 2.75) is 12.2 Å². The Kier molecular flexibility index (Phi) is 4.05. The fraction of sp³-hybridized carbons (Fsp3) is 0.444. The largest absolute Gasteiger partial charge is 0.318 e. The molecule has 1 heterocycles. The number of anilines is 1. The highest BCUT2D eigenvalue weighted by atomic mass is 32.2. The second-order valence-electron chi connectivity index (χ2n) is 3.23. The summed E-state index contributed by atoms with van der Waals surface area (Å²) in [5.74, 6) is 0.348. The maximum absolute atomic E-state index is 11.7. The number of hydrogen-bond acceptors (Lipinski definition) is 4. The maximum atomic E-state index is 11.7. The molecule has 1 aromatic heterocycles. The van der Waals surface area contributed by atoms with Crippen LogP contribution in [-0.4, -0.2) is 32.2 Å². The van der Waals surface area contributed by atoms with Crippen molar-refractivity contribution in [1.82, 2.24) is 10.3 Å². The monoisotopic (exact) mass is 229 g/mol. The summed E-state index contributed by atoms with van der Waals surface area (Å²) in [4.78, 5) is 3.90. The average molecular weight is 229 g/mol. The van der Waals surface area contributed by atoms with Crippen LogP contribution in [0.2, 0.25) is 0 Å². The molecule has 0 saturated carbocycles. The molecule has 0 bridgehead atoms. The highest BCUT2D eigenvalue weighted by molar-refractivity contribution is 7.93. The molecular formula is C9H15N3O2S. The van der Waals surface area contributed by atoms with Gasteiger partial charge in [0.1, 0.15) is 5.82 Å². The molecule has 0 fully saturated rings. The molecule has 0 spiro atoms. The Morgan fingerprint density at radius 3 is 2.73 bits per heavy atom. The number of nitrogens with one attached hydrogen (secondary N) is 2. The van der Waals surface area contributed by atoms with E-state index in [2.05, 4.69) is 15.0 Å². The minimum absolute atomic E-state index is 0.348. The molecule has 5 nitrogen and oxygen atoms in total. The Morgan fingerprint density at radius 1 is 1.47 bits per heavy atom. The second-order valence-corrected chi connectivity index (χ2v) is 5.33. The first-order valence-corrected chi connectivity index (χ1v) is 6.18. The predicted octanol–water partition coefficient (Wildman–Crippen LogP) is 0.431. The van der Waals surface area contributed by atoms with Gasteiger partial charge in [-0.2, -0.15) is 0 Å². The molecule has 1 atom stereocenters. The van der Waals surface area contributed by atoms with E-state index in [-0.39, 0.29) is 0 Å². The summed E-state index contributed by atoms with van der Waals surface area (Å²) in [6.45, 7) is 2.05. The molecule has 0 aliphatic heterocycles. The van der Waals surface area contributed by atoms with E-state index >= 15 is 0 Å². The van der Waals surface area contributed by atoms with Crippen LogP contribution >= 0.6 is 0 Å². The Bertz CT molecular complexity index is 391. The van der Waals surface area contributed by atoms with Gasteiger partial charge in [-0.15, -0.1) is 0 Å². The summed E-state index contributed by atoms with van der Waals surface area (Å²) in [5.41, 5.74) is 0. The summed E-state index contributed by atoms with van der Waals surface area (Å²) < 4.78 is 25.8. The number of pyridine rings is 1. The van der Waals surface area contributed by atoms with Gasteiger partial charge in [0.25, 0.3) is 0 Å². The minimum Gasteiger partial charge on any atom is -0.318 e. The molecule has 0 aliphatic carbocycles. The zero-order valence-electron chi connectivity index (χ0n) is 8.77. The molecule has 0 amide bonds. The third-order valence-corrected chi connectivity index (χ3v) is 3.65. The predicted molar refractivity (Wildman–Crippen MR) is 60.2 cm³/mol. The van der Waals surface area contributed by atoms with Gasteiger partial charge in [0.15, 0.2) is 0 Å². The molecule has 2 N–H and O–H groups in total. The van der Waals surface area contributed by atoms with Crippen molar-refractivity contribution < 1.29 is 8.42 Å². The normalized spacial score (nSPS) is 13.5. The maximum Gasteiger partial charge on any atom is 0.237 e. The van der Waals surface area contributed by atoms with Crippen molar-refractivity contribution in [2.75, 3.05) is 18.3 Å². The fourth-order valence-electron chi connectivity index (χ4n) is 1.07. The Hall–Kier alpha value is -1.14. The lowest BCUT2D eigenvalue weighted by atomic mass is 10.5. The van der Waals surface area contributed by atoms with Gasteiger partial charge >= 0.3 is 0 Å². The lowest BCUT2D eigenvalue weighted by Gasteiger charge is -2.13. The molecule has 1 rings (SSSR count). The molecule has 0 saturated heterocycles. The van der Waals surface area contributed by atoms with Crippen molar-refractivity contribution in [3.63, 3.8) is 0 Å². The zero-order chi connectivity index (χ0) is 11.3. The van der Waals surface area contributed by atoms with Gasteiger partial charge < -0.3 is 5.32 Å². The van der Waals surface area contributed by atoms with E-state index in [0.717, 1.165) is 0 Å². The second kappa shape index (κ2) is 5.09. The van der Waals surface area contributed by atoms with Crippen LogP contribution in [0.15, 0.2) is 24.4 Å². The molecule has 1 unspecified atom stereocenters. The standard InChI is InChI=1S/C9H15N3O2S/c1-8(7-10-2)15(13,14)12-9-5-3-4-6-11-9/h3-6,8,10H,7H2,1-2H3,(H,11,12). The van der Waals surface area contributed by atoms with Gasteiger partial charge in [0.05, 0.1) is 5.25 Å². The molecule has 0 aromatic carbocycles. The van der Waals surface area contributed by atoms with Gasteiger partial charge in [0, 0.05) is 12.7 Å². The number of hydrogen-bond donors (Lipinski definition) is 2. The van der Waals surface area contributed by atoms with Crippen molar-refractivity contribution in [3.8, 4) is 0 Å². The van der Waals surface area contributed by atoms with Crippen LogP contribution in [-0.2, 0) is 10.0 Å². The van der Waals surface area contributed by atoms with E-state index in [1.165, 1.54) is 0 Å². The van der Waals surface area contributed by atoms with Crippen LogP contribution in [0, 0.1) is 0 Å². The number of sulfonamides is 1. The summed E-state index contributed by atoms with van der Waals surface area (Å²) in [6.07, 6.45) is 1.54. The van der Waals surface area contributed by atoms with Crippen molar-refractivity contribution in [2.24, 2.45) is 0 Å². The Morgan fingerprint density at radius 2 is 2.20 bits per heavy atom. The summed E-state index contributed by atoms with van der Waals surface area (Å²) in [7, 11) is -1.64. The summed E-state index contributed by atoms with van der Waals surface area (Å²) >= 11 is 0. The first kappa shape index (κ1) is 11.9. The SMILES string of the molecule is CNCC(C)S(=O)(=O)Nc1ccccn1. The van der Waals surface area contributed by atoms with Gasteiger partial charge in [0.2, 0.25) is 10.0 Å². The number of rotatable bonds is 5. The van der Waals surface area contributed by atoms with E-state index in [1.54, 1.807) is 38.4 Å². The van der Waals surface area contributed by atoms with E-state index in [4.69, 9.17) is 0 Å². The van der Waals surface area contributed by atoms with Crippen LogP contribution in [0.1, 0.15) is 6.92 Å². The number of nitrogens with zero attached hydrogens (tertiary/aromatic N) is 1. The van der Waals surface area contributed by atoms with Crippen LogP contribution in [0.5, 0.6) is 0 Å². The Labute approximate surface area is 90.0 Å². The minimum atomic E-state index is -3.35. The highest BCUT2D eigenvalue weighted by Gasteiger charge is 2.19. The van der Waals surface area contributed by atoms with E-state index in [9.17, 15) is 8.42 Å². The van der Waals surface area contributed by atoms with Crippen LogP contribution < -0.4 is 10.0 Å². The van der Waals surface area contributed by atoms with E-state index in [0.29, 0.717) is 12.4 Å². The molecule has 1 aromatic rings. The first-order chi connectivity index (χ1) is 7.06. The van der Waals surface area contributed by atoms with Crippen LogP contribution in [0.3, 0.4) is 0 Å². The van der Waals surface area contributed by atoms with Gasteiger partial charge in [-0.1, -0.05) is 6.07 Å². The summed E-state index contributed by atoms with van der Waals surface area (Å²) in [5, 5.41) is 2.32. The van der Waals surface area contributed by atoms with E-state index in [1.807, 2.05) is 0 Å². The van der Waals surface area contributed by atoms with Crippen LogP contribution in [0.4, 0.5) is 5.82 Å². The van der Waals surface area contributed by atoms with Gasteiger partial charge in [-0.05, 0) is 26.1 Å². The third kappa shape index (κ3) is 3.49. The first-order valence-electron chi connectivity index (χ1n) is 4.63. The molecule has 84 valence electrons. The fourth-order valence-corrected chi connectivity index (χ4v) is 2.07. The molecule has 0 aliphatic rings. The smallest absolute Gasteiger partial charge is 0.237 e. The van der Waals surface area contributed by atoms with Crippen LogP contribution in [0.25, 0.3) is 0 Å². The number of aromatic nitrogens is 1. The quantitative estimate of drug-likeness (QED) is 0.768. The Balaban J connectivity index is 2.73. The average Bonchev–Trinajstić information content (AvgIpc) is 2.19. The lowest BCUT2D eigenvalue weighted by Crippen LogP contribution is -2.33. The third-order valence-electron chi connectivity index (χ3n) is 1.93. The lowest BCUT2D eigenvalue weighted by molar-refractivity contribution is 0.583. The molecule has 0 radical (unpaired) electrons. The molecule has 15 heavy (non-hydrogen) atoms. The summed E-state index contributed by atoms with van der Waals surface area (Å²) in [6, 6.07) is 5.08. The molecule has 6 heteroatoms. The van der Waals surface area contributed by atoms with Crippen molar-refractivity contribution in [1.29, 1.82) is 0 Å². The van der Waals surface area contributed by atoms with Crippen molar-refractivity contribution in [3.05, 3.63) is 24.4 Å². The van der Waals surface area contributed by atoms with Gasteiger partial charge in [-0.3, -0.25) is 4.72 Å². The van der Waals surface area contributed by atoms with Gasteiger partial charge in [-0.25, -0.2) is 13.4 Å². The highest BCUT2D eigenvalue weighted by Crippen LogP contribution is 2.07. The topological polar surface area (TPSA) is 71.1 Å². The van der Waals surface area contributed by atoms with Crippen molar-refractivity contribution >= 4 is 15.8 Å².